The van der Waals surface area contributed by atoms with E-state index in [-0.39, 0.29) is 5.56 Å². The van der Waals surface area contributed by atoms with Gasteiger partial charge in [0.15, 0.2) is 0 Å². The summed E-state index contributed by atoms with van der Waals surface area (Å²) in [4.78, 5) is 19.0. The molecule has 6 heteroatoms. The van der Waals surface area contributed by atoms with E-state index in [1.165, 1.54) is 0 Å². The Bertz CT molecular complexity index is 1000. The van der Waals surface area contributed by atoms with E-state index in [2.05, 4.69) is 4.98 Å². The topological polar surface area (TPSA) is 53.4 Å². The maximum Gasteiger partial charge on any atom is 0.340 e. The van der Waals surface area contributed by atoms with Crippen LogP contribution in [0.1, 0.15) is 23.2 Å². The molecule has 1 aliphatic heterocycles. The van der Waals surface area contributed by atoms with Crippen LogP contribution in [0.3, 0.4) is 0 Å². The van der Waals surface area contributed by atoms with Crippen molar-refractivity contribution in [3.8, 4) is 11.1 Å². The first-order valence-corrected chi connectivity index (χ1v) is 9.18. The number of rotatable bonds is 3. The predicted molar refractivity (Wildman–Crippen MR) is 106 cm³/mol. The molecule has 0 bridgehead atoms. The molecule has 1 fully saturated rings. The quantitative estimate of drug-likeness (QED) is 0.644. The van der Waals surface area contributed by atoms with Crippen LogP contribution >= 0.6 is 23.2 Å². The molecule has 1 aromatic heterocycles. The summed E-state index contributed by atoms with van der Waals surface area (Å²) >= 11 is 12.4. The molecule has 4 nitrogen and oxygen atoms in total. The number of carboxylic acids is 1. The minimum absolute atomic E-state index is 0.212. The van der Waals surface area contributed by atoms with E-state index >= 15 is 0 Å². The van der Waals surface area contributed by atoms with Crippen LogP contribution in [0.2, 0.25) is 10.0 Å². The highest BCUT2D eigenvalue weighted by atomic mass is 35.5. The second kappa shape index (κ2) is 6.78. The molecule has 0 aliphatic carbocycles. The predicted octanol–water partition coefficient (Wildman–Crippen LogP) is 5.51. The van der Waals surface area contributed by atoms with Crippen LogP contribution in [0.15, 0.2) is 42.5 Å². The molecule has 4 rings (SSSR count). The van der Waals surface area contributed by atoms with E-state index < -0.39 is 5.97 Å². The van der Waals surface area contributed by atoms with Gasteiger partial charge in [-0.15, -0.1) is 0 Å². The smallest absolute Gasteiger partial charge is 0.340 e. The van der Waals surface area contributed by atoms with Crippen molar-refractivity contribution < 1.29 is 9.90 Å². The molecule has 1 saturated heterocycles. The Balaban J connectivity index is 2.13. The second-order valence-electron chi connectivity index (χ2n) is 6.33. The zero-order chi connectivity index (χ0) is 18.3. The van der Waals surface area contributed by atoms with Crippen LogP contribution in [0, 0.1) is 0 Å². The lowest BCUT2D eigenvalue weighted by atomic mass is 9.95. The summed E-state index contributed by atoms with van der Waals surface area (Å²) in [7, 11) is 0. The molecular weight excluding hydrogens is 371 g/mol. The monoisotopic (exact) mass is 386 g/mol. The molecule has 3 aromatic rings. The van der Waals surface area contributed by atoms with E-state index in [4.69, 9.17) is 23.2 Å². The molecule has 0 spiro atoms. The number of pyridine rings is 1. The molecule has 1 N–H and O–H groups in total. The lowest BCUT2D eigenvalue weighted by molar-refractivity contribution is 0.0698. The number of carbonyl (C=O) groups is 1. The highest BCUT2D eigenvalue weighted by molar-refractivity contribution is 6.43. The van der Waals surface area contributed by atoms with Gasteiger partial charge in [0.2, 0.25) is 0 Å². The Morgan fingerprint density at radius 3 is 2.35 bits per heavy atom. The van der Waals surface area contributed by atoms with Crippen molar-refractivity contribution >= 4 is 45.9 Å². The van der Waals surface area contributed by atoms with Crippen LogP contribution < -0.4 is 4.90 Å². The molecule has 0 unspecified atom stereocenters. The van der Waals surface area contributed by atoms with Crippen molar-refractivity contribution in [2.75, 3.05) is 18.0 Å². The van der Waals surface area contributed by atoms with Crippen molar-refractivity contribution in [2.24, 2.45) is 0 Å². The average Bonchev–Trinajstić information content (AvgIpc) is 3.16. The maximum absolute atomic E-state index is 12.2. The van der Waals surface area contributed by atoms with Crippen molar-refractivity contribution in [1.29, 1.82) is 0 Å². The van der Waals surface area contributed by atoms with Crippen molar-refractivity contribution in [3.05, 3.63) is 58.1 Å². The van der Waals surface area contributed by atoms with Crippen molar-refractivity contribution in [1.82, 2.24) is 4.98 Å². The van der Waals surface area contributed by atoms with Crippen molar-refractivity contribution in [3.63, 3.8) is 0 Å². The average molecular weight is 387 g/mol. The molecule has 2 heterocycles. The number of aromatic carboxylic acids is 1. The second-order valence-corrected chi connectivity index (χ2v) is 7.15. The highest BCUT2D eigenvalue weighted by Crippen LogP contribution is 2.40. The Morgan fingerprint density at radius 1 is 1.04 bits per heavy atom. The number of fused-ring (bicyclic) bond motifs is 1. The largest absolute Gasteiger partial charge is 0.478 e. The van der Waals surface area contributed by atoms with Gasteiger partial charge in [-0.3, -0.25) is 0 Å². The third-order valence-corrected chi connectivity index (χ3v) is 5.41. The molecule has 0 radical (unpaired) electrons. The SMILES string of the molecule is O=C(O)c1c(N2CCCC2)nc2cc(Cl)c(Cl)cc2c1-c1ccccc1. The molecule has 1 aliphatic rings. The summed E-state index contributed by atoms with van der Waals surface area (Å²) in [5, 5.41) is 11.5. The molecule has 26 heavy (non-hydrogen) atoms. The van der Waals surface area contributed by atoms with Gasteiger partial charge in [0, 0.05) is 24.0 Å². The molecular formula is C20H16Cl2N2O2. The normalized spacial score (nSPS) is 14.2. The third-order valence-electron chi connectivity index (χ3n) is 4.69. The number of hydrogen-bond donors (Lipinski definition) is 1. The first-order chi connectivity index (χ1) is 12.6. The van der Waals surface area contributed by atoms with E-state index in [0.29, 0.717) is 32.3 Å². The summed E-state index contributed by atoms with van der Waals surface area (Å²) < 4.78 is 0. The van der Waals surface area contributed by atoms with Gasteiger partial charge in [-0.05, 0) is 30.5 Å². The number of aromatic nitrogens is 1. The zero-order valence-electron chi connectivity index (χ0n) is 13.9. The van der Waals surface area contributed by atoms with Crippen LogP contribution in [-0.2, 0) is 0 Å². The standard InChI is InChI=1S/C20H16Cl2N2O2/c21-14-10-13-16(11-15(14)22)23-19(24-8-4-5-9-24)18(20(25)26)17(13)12-6-2-1-3-7-12/h1-3,6-7,10-11H,4-5,8-9H2,(H,25,26). The number of halogens is 2. The maximum atomic E-state index is 12.2. The number of carboxylic acid groups (broad SMARTS) is 1. The van der Waals surface area contributed by atoms with Gasteiger partial charge in [-0.2, -0.15) is 0 Å². The molecule has 0 atom stereocenters. The fourth-order valence-electron chi connectivity index (χ4n) is 3.51. The fourth-order valence-corrected chi connectivity index (χ4v) is 3.83. The summed E-state index contributed by atoms with van der Waals surface area (Å²) in [6.45, 7) is 1.60. The van der Waals surface area contributed by atoms with E-state index in [1.807, 2.05) is 35.2 Å². The lowest BCUT2D eigenvalue weighted by Gasteiger charge is -2.22. The lowest BCUT2D eigenvalue weighted by Crippen LogP contribution is -2.23. The minimum Gasteiger partial charge on any atom is -0.478 e. The first-order valence-electron chi connectivity index (χ1n) is 8.42. The number of anilines is 1. The molecule has 2 aromatic carbocycles. The van der Waals surface area contributed by atoms with Crippen LogP contribution in [0.4, 0.5) is 5.82 Å². The van der Waals surface area contributed by atoms with Crippen LogP contribution in [-0.4, -0.2) is 29.1 Å². The minimum atomic E-state index is -0.994. The van der Waals surface area contributed by atoms with Gasteiger partial charge in [0.1, 0.15) is 11.4 Å². The van der Waals surface area contributed by atoms with Crippen LogP contribution in [0.25, 0.3) is 22.0 Å². The summed E-state index contributed by atoms with van der Waals surface area (Å²) in [6.07, 6.45) is 2.06. The van der Waals surface area contributed by atoms with Crippen molar-refractivity contribution in [2.45, 2.75) is 12.8 Å². The summed E-state index contributed by atoms with van der Waals surface area (Å²) in [5.74, 6) is -0.494. The Morgan fingerprint density at radius 2 is 1.69 bits per heavy atom. The van der Waals surface area contributed by atoms with Gasteiger partial charge in [-0.1, -0.05) is 53.5 Å². The van der Waals surface area contributed by atoms with E-state index in [0.717, 1.165) is 31.5 Å². The number of hydrogen-bond acceptors (Lipinski definition) is 3. The number of nitrogens with zero attached hydrogens (tertiary/aromatic N) is 2. The fraction of sp³-hybridized carbons (Fsp3) is 0.200. The summed E-state index contributed by atoms with van der Waals surface area (Å²) in [6, 6.07) is 12.9. The van der Waals surface area contributed by atoms with Crippen LogP contribution in [0.5, 0.6) is 0 Å². The first kappa shape index (κ1) is 17.1. The molecule has 0 amide bonds. The van der Waals surface area contributed by atoms with Gasteiger partial charge in [-0.25, -0.2) is 9.78 Å². The Hall–Kier alpha value is -2.30. The van der Waals surface area contributed by atoms with Gasteiger partial charge < -0.3 is 10.0 Å². The Labute approximate surface area is 161 Å². The summed E-state index contributed by atoms with van der Waals surface area (Å²) in [5.41, 5.74) is 2.30. The Kier molecular flexibility index (Phi) is 4.47. The van der Waals surface area contributed by atoms with Gasteiger partial charge >= 0.3 is 5.97 Å². The van der Waals surface area contributed by atoms with E-state index in [9.17, 15) is 9.90 Å². The zero-order valence-corrected chi connectivity index (χ0v) is 15.4. The number of benzene rings is 2. The van der Waals surface area contributed by atoms with E-state index in [1.54, 1.807) is 12.1 Å². The highest BCUT2D eigenvalue weighted by Gasteiger charge is 2.27. The third kappa shape index (κ3) is 2.89. The van der Waals surface area contributed by atoms with Gasteiger partial charge in [0.05, 0.1) is 15.6 Å². The van der Waals surface area contributed by atoms with Gasteiger partial charge in [0.25, 0.3) is 0 Å². The molecule has 132 valence electrons. The molecule has 0 saturated carbocycles.